The fourth-order valence-electron chi connectivity index (χ4n) is 6.55. The Bertz CT molecular complexity index is 1890. The van der Waals surface area contributed by atoms with Gasteiger partial charge >= 0.3 is 295 Å². The Morgan fingerprint density at radius 2 is 0.660 bits per heavy atom. The Balaban J connectivity index is 1.43. The van der Waals surface area contributed by atoms with E-state index in [4.69, 9.17) is 0 Å². The standard InChI is InChI=1S/C19H14N2.4C6H5.2Sb/c1-3-9-16(10-4-1)20-15-21(17-11-5-2-6-12-17)19-14-8-7-13-18(19)20;4*1-2-4-6-5-3-1;;/h1-10,13-14H,15H2;4*1-5H;;. The molecule has 0 unspecified atom stereocenters. The summed E-state index contributed by atoms with van der Waals surface area (Å²) < 4.78 is 8.97. The van der Waals surface area contributed by atoms with Gasteiger partial charge in [-0.1, -0.05) is 0 Å². The first-order chi connectivity index (χ1) is 23.4. The van der Waals surface area contributed by atoms with E-state index in [0.29, 0.717) is 0 Å². The third-order valence-electron chi connectivity index (χ3n) is 8.62. The number of hydrogen-bond acceptors (Lipinski definition) is 2. The van der Waals surface area contributed by atoms with Gasteiger partial charge in [0.15, 0.2) is 0 Å². The van der Waals surface area contributed by atoms with Crippen molar-refractivity contribution in [1.29, 1.82) is 0 Å². The molecule has 4 heteroatoms. The van der Waals surface area contributed by atoms with E-state index in [1.165, 1.54) is 43.8 Å². The van der Waals surface area contributed by atoms with Gasteiger partial charge in [-0.15, -0.1) is 0 Å². The zero-order chi connectivity index (χ0) is 31.4. The molecule has 1 aliphatic rings. The molecule has 2 nitrogen and oxygen atoms in total. The van der Waals surface area contributed by atoms with Gasteiger partial charge in [0.2, 0.25) is 0 Å². The van der Waals surface area contributed by atoms with Crippen LogP contribution in [0.1, 0.15) is 0 Å². The Morgan fingerprint density at radius 1 is 0.319 bits per heavy atom. The van der Waals surface area contributed by atoms with E-state index in [9.17, 15) is 0 Å². The summed E-state index contributed by atoms with van der Waals surface area (Å²) >= 11 is -5.06. The van der Waals surface area contributed by atoms with Gasteiger partial charge in [-0.25, -0.2) is 0 Å². The first-order valence-corrected chi connectivity index (χ1v) is 23.7. The Labute approximate surface area is 292 Å². The molecule has 0 fully saturated rings. The molecule has 0 atom stereocenters. The number of fused-ring (bicyclic) bond motifs is 1. The van der Waals surface area contributed by atoms with Crippen molar-refractivity contribution in [3.63, 3.8) is 0 Å². The minimum absolute atomic E-state index is 0.767. The molecule has 0 N–H and O–H groups in total. The second-order valence-corrected chi connectivity index (χ2v) is 24.0. The SMILES string of the molecule is c1ccc(N2CN(c3[c]([Sb]([c]4ccccc4)[c]4ccccc4)ccc[c]3[Sb]([c]3ccccc3)[c]3ccccc3)c3ccccc32)cc1. The molecule has 0 saturated carbocycles. The van der Waals surface area contributed by atoms with Crippen LogP contribution in [0.2, 0.25) is 0 Å². The number of rotatable bonds is 8. The van der Waals surface area contributed by atoms with Crippen molar-refractivity contribution in [2.75, 3.05) is 16.5 Å². The van der Waals surface area contributed by atoms with Crippen molar-refractivity contribution in [2.45, 2.75) is 0 Å². The van der Waals surface area contributed by atoms with Crippen LogP contribution in [0.4, 0.5) is 22.7 Å². The van der Waals surface area contributed by atoms with Gasteiger partial charge in [0.05, 0.1) is 0 Å². The molecular formula is C43H34N2Sb2. The number of anilines is 4. The fourth-order valence-corrected chi connectivity index (χ4v) is 21.5. The van der Waals surface area contributed by atoms with Gasteiger partial charge in [0, 0.05) is 0 Å². The van der Waals surface area contributed by atoms with Crippen LogP contribution in [0.5, 0.6) is 0 Å². The monoisotopic (exact) mass is 820 g/mol. The van der Waals surface area contributed by atoms with Crippen LogP contribution in [-0.2, 0) is 0 Å². The number of nitrogens with zero attached hydrogens (tertiary/aromatic N) is 2. The van der Waals surface area contributed by atoms with Crippen LogP contribution in [0.3, 0.4) is 0 Å². The van der Waals surface area contributed by atoms with Crippen molar-refractivity contribution in [2.24, 2.45) is 0 Å². The third-order valence-corrected chi connectivity index (χ3v) is 22.7. The van der Waals surface area contributed by atoms with Crippen molar-refractivity contribution in [1.82, 2.24) is 0 Å². The number of para-hydroxylation sites is 4. The maximum absolute atomic E-state index is 2.65. The van der Waals surface area contributed by atoms with Gasteiger partial charge in [-0.05, 0) is 0 Å². The van der Waals surface area contributed by atoms with Crippen LogP contribution in [-0.4, -0.2) is 47.1 Å². The van der Waals surface area contributed by atoms with Gasteiger partial charge in [0.25, 0.3) is 0 Å². The van der Waals surface area contributed by atoms with E-state index in [1.807, 2.05) is 0 Å². The summed E-state index contributed by atoms with van der Waals surface area (Å²) in [6, 6.07) is 72.4. The van der Waals surface area contributed by atoms with Crippen LogP contribution >= 0.6 is 0 Å². The van der Waals surface area contributed by atoms with E-state index < -0.39 is 40.4 Å². The molecule has 0 aliphatic carbocycles. The molecule has 7 aromatic carbocycles. The summed E-state index contributed by atoms with van der Waals surface area (Å²) in [4.78, 5) is 5.13. The molecule has 1 heterocycles. The van der Waals surface area contributed by atoms with Crippen LogP contribution in [0.15, 0.2) is 194 Å². The molecule has 226 valence electrons. The average Bonchev–Trinajstić information content (AvgIpc) is 3.54. The summed E-state index contributed by atoms with van der Waals surface area (Å²) in [7, 11) is 0. The molecule has 0 amide bonds. The Kier molecular flexibility index (Phi) is 8.89. The maximum atomic E-state index is 2.65. The number of hydrogen-bond donors (Lipinski definition) is 0. The fraction of sp³-hybridized carbons (Fsp3) is 0.0233. The van der Waals surface area contributed by atoms with Gasteiger partial charge in [-0.3, -0.25) is 0 Å². The summed E-state index contributed by atoms with van der Waals surface area (Å²) in [5.74, 6) is 0. The first kappa shape index (κ1) is 30.1. The van der Waals surface area contributed by atoms with E-state index in [2.05, 4.69) is 204 Å². The minimum atomic E-state index is -2.53. The van der Waals surface area contributed by atoms with Gasteiger partial charge in [0.1, 0.15) is 0 Å². The summed E-state index contributed by atoms with van der Waals surface area (Å²) in [5.41, 5.74) is 5.16. The quantitative estimate of drug-likeness (QED) is 0.175. The van der Waals surface area contributed by atoms with Crippen LogP contribution < -0.4 is 30.9 Å². The molecule has 0 spiro atoms. The molecule has 47 heavy (non-hydrogen) atoms. The molecule has 0 bridgehead atoms. The Hall–Kier alpha value is -4.22. The summed E-state index contributed by atoms with van der Waals surface area (Å²) in [5, 5.41) is 0. The molecule has 0 aromatic heterocycles. The summed E-state index contributed by atoms with van der Waals surface area (Å²) in [6.07, 6.45) is 0. The van der Waals surface area contributed by atoms with Gasteiger partial charge in [-0.2, -0.15) is 0 Å². The zero-order valence-corrected chi connectivity index (χ0v) is 31.1. The molecular weight excluding hydrogens is 788 g/mol. The van der Waals surface area contributed by atoms with E-state index >= 15 is 0 Å². The number of benzene rings is 7. The predicted octanol–water partition coefficient (Wildman–Crippen LogP) is 5.97. The first-order valence-electron chi connectivity index (χ1n) is 16.0. The molecule has 8 rings (SSSR count). The second kappa shape index (κ2) is 13.9. The average molecular weight is 822 g/mol. The molecule has 0 radical (unpaired) electrons. The van der Waals surface area contributed by atoms with Crippen LogP contribution in [0, 0.1) is 0 Å². The van der Waals surface area contributed by atoms with Crippen molar-refractivity contribution < 1.29 is 0 Å². The van der Waals surface area contributed by atoms with Crippen molar-refractivity contribution in [3.05, 3.63) is 194 Å². The van der Waals surface area contributed by atoms with E-state index in [-0.39, 0.29) is 0 Å². The molecule has 1 aliphatic heterocycles. The molecule has 7 aromatic rings. The predicted molar refractivity (Wildman–Crippen MR) is 204 cm³/mol. The van der Waals surface area contributed by atoms with E-state index in [0.717, 1.165) is 6.67 Å². The van der Waals surface area contributed by atoms with E-state index in [1.54, 1.807) is 0 Å². The van der Waals surface area contributed by atoms with Crippen molar-refractivity contribution in [3.8, 4) is 0 Å². The third kappa shape index (κ3) is 6.02. The zero-order valence-electron chi connectivity index (χ0n) is 26.0. The van der Waals surface area contributed by atoms with Gasteiger partial charge < -0.3 is 0 Å². The Morgan fingerprint density at radius 3 is 1.06 bits per heavy atom. The molecule has 0 saturated heterocycles. The normalized spacial score (nSPS) is 12.5. The van der Waals surface area contributed by atoms with Crippen molar-refractivity contribution >= 4 is 84.2 Å². The second-order valence-electron chi connectivity index (χ2n) is 11.5. The topological polar surface area (TPSA) is 6.48 Å². The summed E-state index contributed by atoms with van der Waals surface area (Å²) in [6.45, 7) is 0.767. The van der Waals surface area contributed by atoms with Crippen LogP contribution in [0.25, 0.3) is 0 Å².